The quantitative estimate of drug-likeness (QED) is 0.538. The topological polar surface area (TPSA) is 26.3 Å². The van der Waals surface area contributed by atoms with Crippen molar-refractivity contribution in [2.75, 3.05) is 0 Å². The van der Waals surface area contributed by atoms with E-state index >= 15 is 0 Å². The number of esters is 1. The first kappa shape index (κ1) is 16.0. The molecule has 0 rings (SSSR count). The Labute approximate surface area is 106 Å². The molecule has 0 saturated carbocycles. The van der Waals surface area contributed by atoms with Crippen molar-refractivity contribution in [3.8, 4) is 11.8 Å². The van der Waals surface area contributed by atoms with E-state index in [1.54, 1.807) is 6.92 Å². The molecule has 98 valence electrons. The number of ether oxygens (including phenoxy) is 1. The van der Waals surface area contributed by atoms with Gasteiger partial charge in [-0.2, -0.15) is 0 Å². The molecular weight excluding hydrogens is 212 g/mol. The molecule has 2 heteroatoms. The Kier molecular flexibility index (Phi) is 6.95. The van der Waals surface area contributed by atoms with E-state index in [0.29, 0.717) is 12.3 Å². The number of carbonyl (C=O) groups excluding carboxylic acids is 1. The average molecular weight is 238 g/mol. The molecule has 2 nitrogen and oxygen atoms in total. The highest BCUT2D eigenvalue weighted by Gasteiger charge is 2.19. The van der Waals surface area contributed by atoms with Crippen molar-refractivity contribution < 1.29 is 9.53 Å². The highest BCUT2D eigenvalue weighted by molar-refractivity contribution is 5.70. The van der Waals surface area contributed by atoms with Crippen molar-refractivity contribution in [2.45, 2.75) is 66.9 Å². The molecule has 2 unspecified atom stereocenters. The van der Waals surface area contributed by atoms with Crippen LogP contribution in [0.25, 0.3) is 0 Å². The monoisotopic (exact) mass is 238 g/mol. The first-order chi connectivity index (χ1) is 7.78. The van der Waals surface area contributed by atoms with E-state index in [0.717, 1.165) is 12.8 Å². The second-order valence-electron chi connectivity index (χ2n) is 5.86. The lowest BCUT2D eigenvalue weighted by molar-refractivity contribution is -0.147. The van der Waals surface area contributed by atoms with Gasteiger partial charge in [-0.3, -0.25) is 4.79 Å². The van der Waals surface area contributed by atoms with Gasteiger partial charge in [-0.25, -0.2) is 0 Å². The van der Waals surface area contributed by atoms with Gasteiger partial charge in [0.05, 0.1) is 0 Å². The third-order valence-corrected chi connectivity index (χ3v) is 2.43. The average Bonchev–Trinajstić information content (AvgIpc) is 2.13. The minimum Gasteiger partial charge on any atom is -0.449 e. The lowest BCUT2D eigenvalue weighted by Crippen LogP contribution is -2.20. The van der Waals surface area contributed by atoms with E-state index in [2.05, 4.69) is 39.5 Å². The van der Waals surface area contributed by atoms with Crippen LogP contribution in [0.1, 0.15) is 60.8 Å². The zero-order valence-corrected chi connectivity index (χ0v) is 12.1. The SMILES string of the molecule is CC#CC(CC)OC(=O)CC(C)CC(C)(C)C. The number of carbonyl (C=O) groups is 1. The summed E-state index contributed by atoms with van der Waals surface area (Å²) in [6.45, 7) is 12.4. The highest BCUT2D eigenvalue weighted by atomic mass is 16.5. The van der Waals surface area contributed by atoms with Crippen molar-refractivity contribution in [1.29, 1.82) is 0 Å². The molecule has 0 amide bonds. The van der Waals surface area contributed by atoms with Crippen LogP contribution in [0.5, 0.6) is 0 Å². The molecule has 0 aliphatic carbocycles. The first-order valence-corrected chi connectivity index (χ1v) is 6.40. The summed E-state index contributed by atoms with van der Waals surface area (Å²) >= 11 is 0. The molecule has 0 aliphatic rings. The summed E-state index contributed by atoms with van der Waals surface area (Å²) in [6.07, 6.45) is 2.02. The summed E-state index contributed by atoms with van der Waals surface area (Å²) in [7, 11) is 0. The van der Waals surface area contributed by atoms with Gasteiger partial charge in [-0.1, -0.05) is 40.5 Å². The summed E-state index contributed by atoms with van der Waals surface area (Å²) < 4.78 is 5.31. The smallest absolute Gasteiger partial charge is 0.307 e. The Morgan fingerprint density at radius 1 is 1.35 bits per heavy atom. The van der Waals surface area contributed by atoms with Crippen molar-refractivity contribution in [3.05, 3.63) is 0 Å². The molecule has 0 saturated heterocycles. The first-order valence-electron chi connectivity index (χ1n) is 6.40. The van der Waals surface area contributed by atoms with Gasteiger partial charge in [0, 0.05) is 6.42 Å². The van der Waals surface area contributed by atoms with Crippen LogP contribution >= 0.6 is 0 Å². The van der Waals surface area contributed by atoms with Gasteiger partial charge >= 0.3 is 5.97 Å². The lowest BCUT2D eigenvalue weighted by atomic mass is 9.84. The maximum absolute atomic E-state index is 11.7. The molecule has 2 atom stereocenters. The molecule has 0 fully saturated rings. The Morgan fingerprint density at radius 2 is 1.94 bits per heavy atom. The summed E-state index contributed by atoms with van der Waals surface area (Å²) in [5.41, 5.74) is 0.257. The fourth-order valence-corrected chi connectivity index (χ4v) is 1.98. The van der Waals surface area contributed by atoms with Gasteiger partial charge in [0.15, 0.2) is 6.10 Å². The summed E-state index contributed by atoms with van der Waals surface area (Å²) in [5.74, 6) is 5.91. The summed E-state index contributed by atoms with van der Waals surface area (Å²) in [6, 6.07) is 0. The molecule has 0 aromatic heterocycles. The fraction of sp³-hybridized carbons (Fsp3) is 0.800. The van der Waals surface area contributed by atoms with Crippen LogP contribution in [-0.2, 0) is 9.53 Å². The third-order valence-electron chi connectivity index (χ3n) is 2.43. The van der Waals surface area contributed by atoms with Gasteiger partial charge < -0.3 is 4.74 Å². The summed E-state index contributed by atoms with van der Waals surface area (Å²) in [5, 5.41) is 0. The van der Waals surface area contributed by atoms with Crippen LogP contribution < -0.4 is 0 Å². The highest BCUT2D eigenvalue weighted by Crippen LogP contribution is 2.26. The zero-order valence-electron chi connectivity index (χ0n) is 12.1. The fourth-order valence-electron chi connectivity index (χ4n) is 1.98. The van der Waals surface area contributed by atoms with Crippen molar-refractivity contribution in [3.63, 3.8) is 0 Å². The molecule has 0 spiro atoms. The Hall–Kier alpha value is -0.970. The predicted molar refractivity (Wildman–Crippen MR) is 71.5 cm³/mol. The third kappa shape index (κ3) is 8.80. The largest absolute Gasteiger partial charge is 0.449 e. The molecule has 17 heavy (non-hydrogen) atoms. The van der Waals surface area contributed by atoms with Crippen LogP contribution in [0.15, 0.2) is 0 Å². The van der Waals surface area contributed by atoms with E-state index in [1.807, 2.05) is 6.92 Å². The summed E-state index contributed by atoms with van der Waals surface area (Å²) in [4.78, 5) is 11.7. The van der Waals surface area contributed by atoms with E-state index < -0.39 is 0 Å². The van der Waals surface area contributed by atoms with Gasteiger partial charge in [0.1, 0.15) is 0 Å². The normalized spacial score (nSPS) is 14.5. The van der Waals surface area contributed by atoms with Crippen LogP contribution in [0, 0.1) is 23.2 Å². The molecule has 0 aliphatic heterocycles. The van der Waals surface area contributed by atoms with E-state index in [-0.39, 0.29) is 17.5 Å². The minimum absolute atomic E-state index is 0.128. The minimum atomic E-state index is -0.241. The van der Waals surface area contributed by atoms with Crippen LogP contribution in [-0.4, -0.2) is 12.1 Å². The van der Waals surface area contributed by atoms with Crippen molar-refractivity contribution in [1.82, 2.24) is 0 Å². The Bertz CT molecular complexity index is 288. The molecular formula is C15H26O2. The molecule has 0 radical (unpaired) electrons. The maximum atomic E-state index is 11.7. The van der Waals surface area contributed by atoms with Gasteiger partial charge in [-0.15, -0.1) is 5.92 Å². The van der Waals surface area contributed by atoms with Gasteiger partial charge in [0.25, 0.3) is 0 Å². The van der Waals surface area contributed by atoms with Gasteiger partial charge in [0.2, 0.25) is 0 Å². The molecule has 0 N–H and O–H groups in total. The van der Waals surface area contributed by atoms with Crippen molar-refractivity contribution >= 4 is 5.97 Å². The lowest BCUT2D eigenvalue weighted by Gasteiger charge is -2.23. The predicted octanol–water partition coefficient (Wildman–Crippen LogP) is 3.79. The molecule has 0 bridgehead atoms. The molecule has 0 heterocycles. The van der Waals surface area contributed by atoms with E-state index in [9.17, 15) is 4.79 Å². The number of rotatable bonds is 5. The van der Waals surface area contributed by atoms with Gasteiger partial charge in [-0.05, 0) is 31.1 Å². The molecule has 0 aromatic carbocycles. The van der Waals surface area contributed by atoms with E-state index in [1.165, 1.54) is 0 Å². The van der Waals surface area contributed by atoms with Crippen LogP contribution in [0.3, 0.4) is 0 Å². The van der Waals surface area contributed by atoms with E-state index in [4.69, 9.17) is 4.74 Å². The standard InChI is InChI=1S/C15H26O2/c1-7-9-13(8-2)17-14(16)10-12(3)11-15(4,5)6/h12-13H,8,10-11H2,1-6H3. The molecule has 0 aromatic rings. The van der Waals surface area contributed by atoms with Crippen molar-refractivity contribution in [2.24, 2.45) is 11.3 Å². The Morgan fingerprint density at radius 3 is 2.35 bits per heavy atom. The second kappa shape index (κ2) is 7.37. The number of hydrogen-bond acceptors (Lipinski definition) is 2. The van der Waals surface area contributed by atoms with Crippen LogP contribution in [0.2, 0.25) is 0 Å². The second-order valence-corrected chi connectivity index (χ2v) is 5.86. The van der Waals surface area contributed by atoms with Crippen LogP contribution in [0.4, 0.5) is 0 Å². The Balaban J connectivity index is 4.11. The maximum Gasteiger partial charge on any atom is 0.307 e. The zero-order chi connectivity index (χ0) is 13.5. The number of hydrogen-bond donors (Lipinski definition) is 0.